The first-order valence-corrected chi connectivity index (χ1v) is 10.7. The summed E-state index contributed by atoms with van der Waals surface area (Å²) < 4.78 is 11.5. The van der Waals surface area contributed by atoms with Crippen molar-refractivity contribution >= 4 is 17.3 Å². The molecule has 7 nitrogen and oxygen atoms in total. The maximum Gasteiger partial charge on any atom is 0.269 e. The van der Waals surface area contributed by atoms with Gasteiger partial charge in [0.1, 0.15) is 5.75 Å². The van der Waals surface area contributed by atoms with E-state index in [1.807, 2.05) is 32.9 Å². The molecule has 0 bridgehead atoms. The van der Waals surface area contributed by atoms with Gasteiger partial charge < -0.3 is 14.8 Å². The summed E-state index contributed by atoms with van der Waals surface area (Å²) >= 11 is 0. The number of aryl methyl sites for hydroxylation is 2. The number of nitrogens with zero attached hydrogens (tertiary/aromatic N) is 1. The fraction of sp³-hybridized carbons (Fsp3) is 0.458. The zero-order valence-corrected chi connectivity index (χ0v) is 18.6. The summed E-state index contributed by atoms with van der Waals surface area (Å²) in [4.78, 5) is 24.1. The normalized spacial score (nSPS) is 16.4. The lowest BCUT2D eigenvalue weighted by atomic mass is 9.73. The van der Waals surface area contributed by atoms with Gasteiger partial charge in [0.15, 0.2) is 0 Å². The largest absolute Gasteiger partial charge is 0.490 e. The Balaban J connectivity index is 1.88. The van der Waals surface area contributed by atoms with E-state index >= 15 is 0 Å². The quantitative estimate of drug-likeness (QED) is 0.493. The smallest absolute Gasteiger partial charge is 0.269 e. The third-order valence-corrected chi connectivity index (χ3v) is 6.02. The van der Waals surface area contributed by atoms with E-state index < -0.39 is 10.3 Å². The Morgan fingerprint density at radius 1 is 1.19 bits per heavy atom. The van der Waals surface area contributed by atoms with E-state index in [0.717, 1.165) is 28.9 Å². The summed E-state index contributed by atoms with van der Waals surface area (Å²) in [5.41, 5.74) is 2.63. The van der Waals surface area contributed by atoms with Crippen molar-refractivity contribution in [1.82, 2.24) is 0 Å². The zero-order valence-electron chi connectivity index (χ0n) is 18.6. The van der Waals surface area contributed by atoms with Gasteiger partial charge in [-0.05, 0) is 68.9 Å². The molecule has 1 amide bonds. The molecule has 0 aromatic heterocycles. The van der Waals surface area contributed by atoms with Crippen LogP contribution < -0.4 is 10.1 Å². The average Bonchev–Trinajstić information content (AvgIpc) is 2.76. The van der Waals surface area contributed by atoms with Gasteiger partial charge in [0, 0.05) is 31.0 Å². The second-order valence-electron chi connectivity index (χ2n) is 8.23. The molecule has 1 heterocycles. The third kappa shape index (κ3) is 4.88. The van der Waals surface area contributed by atoms with E-state index in [1.54, 1.807) is 12.1 Å². The standard InChI is InChI=1S/C24H30N2O5/c1-5-18(4)31-22-16(2)14-20(15-17(22)3)25-23(27)24(10-12-30-13-11-24)19-6-8-21(9-7-19)26(28)29/h6-9,14-15,18H,5,10-13H2,1-4H3,(H,25,27). The number of carbonyl (C=O) groups is 1. The average molecular weight is 427 g/mol. The van der Waals surface area contributed by atoms with Gasteiger partial charge in [-0.25, -0.2) is 0 Å². The number of nitrogens with one attached hydrogen (secondary N) is 1. The number of nitro groups is 1. The molecule has 1 aliphatic rings. The molecule has 3 rings (SSSR count). The molecule has 1 N–H and O–H groups in total. The highest BCUT2D eigenvalue weighted by Crippen LogP contribution is 2.37. The van der Waals surface area contributed by atoms with Crippen LogP contribution in [-0.2, 0) is 14.9 Å². The number of carbonyl (C=O) groups excluding carboxylic acids is 1. The maximum atomic E-state index is 13.5. The van der Waals surface area contributed by atoms with E-state index in [1.165, 1.54) is 12.1 Å². The lowest BCUT2D eigenvalue weighted by Gasteiger charge is -2.36. The molecule has 0 spiro atoms. The van der Waals surface area contributed by atoms with Crippen molar-refractivity contribution in [1.29, 1.82) is 0 Å². The van der Waals surface area contributed by atoms with Crippen LogP contribution >= 0.6 is 0 Å². The van der Waals surface area contributed by atoms with Crippen LogP contribution in [0.1, 0.15) is 49.8 Å². The molecule has 31 heavy (non-hydrogen) atoms. The Bertz CT molecular complexity index is 926. The minimum atomic E-state index is -0.791. The topological polar surface area (TPSA) is 90.7 Å². The van der Waals surface area contributed by atoms with Gasteiger partial charge in [0.25, 0.3) is 5.69 Å². The lowest BCUT2D eigenvalue weighted by molar-refractivity contribution is -0.384. The van der Waals surface area contributed by atoms with Crippen molar-refractivity contribution in [3.05, 3.63) is 63.2 Å². The molecule has 166 valence electrons. The summed E-state index contributed by atoms with van der Waals surface area (Å²) in [6, 6.07) is 10.1. The number of benzene rings is 2. The van der Waals surface area contributed by atoms with Crippen LogP contribution in [0.3, 0.4) is 0 Å². The van der Waals surface area contributed by atoms with Gasteiger partial charge in [-0.2, -0.15) is 0 Å². The first-order chi connectivity index (χ1) is 14.8. The summed E-state index contributed by atoms with van der Waals surface area (Å²) in [6.45, 7) is 8.99. The fourth-order valence-electron chi connectivity index (χ4n) is 4.01. The maximum absolute atomic E-state index is 13.5. The molecule has 1 aliphatic heterocycles. The van der Waals surface area contributed by atoms with E-state index in [0.29, 0.717) is 31.7 Å². The molecule has 2 aromatic carbocycles. The molecule has 1 fully saturated rings. The SMILES string of the molecule is CCC(C)Oc1c(C)cc(NC(=O)C2(c3ccc([N+](=O)[O-])cc3)CCOCC2)cc1C. The van der Waals surface area contributed by atoms with Crippen LogP contribution in [0.4, 0.5) is 11.4 Å². The zero-order chi connectivity index (χ0) is 22.6. The number of nitro benzene ring substituents is 1. The van der Waals surface area contributed by atoms with E-state index in [2.05, 4.69) is 12.2 Å². The minimum absolute atomic E-state index is 0.00881. The van der Waals surface area contributed by atoms with Crippen molar-refractivity contribution < 1.29 is 19.2 Å². The van der Waals surface area contributed by atoms with Crippen LogP contribution in [-0.4, -0.2) is 30.1 Å². The second-order valence-corrected chi connectivity index (χ2v) is 8.23. The summed E-state index contributed by atoms with van der Waals surface area (Å²) in [5.74, 6) is 0.725. The molecule has 1 atom stereocenters. The number of rotatable bonds is 7. The van der Waals surface area contributed by atoms with Crippen molar-refractivity contribution in [2.24, 2.45) is 0 Å². The summed E-state index contributed by atoms with van der Waals surface area (Å²) in [7, 11) is 0. The highest BCUT2D eigenvalue weighted by molar-refractivity contribution is 5.99. The first kappa shape index (κ1) is 22.7. The van der Waals surface area contributed by atoms with Gasteiger partial charge >= 0.3 is 0 Å². The van der Waals surface area contributed by atoms with Crippen molar-refractivity contribution in [2.45, 2.75) is 58.5 Å². The van der Waals surface area contributed by atoms with Crippen LogP contribution in [0.25, 0.3) is 0 Å². The van der Waals surface area contributed by atoms with E-state index in [4.69, 9.17) is 9.47 Å². The highest BCUT2D eigenvalue weighted by Gasteiger charge is 2.42. The van der Waals surface area contributed by atoms with Gasteiger partial charge in [0.05, 0.1) is 16.4 Å². The van der Waals surface area contributed by atoms with Gasteiger partial charge in [-0.1, -0.05) is 19.1 Å². The van der Waals surface area contributed by atoms with Crippen LogP contribution in [0, 0.1) is 24.0 Å². The van der Waals surface area contributed by atoms with Crippen molar-refractivity contribution in [3.8, 4) is 5.75 Å². The lowest BCUT2D eigenvalue weighted by Crippen LogP contribution is -2.44. The number of hydrogen-bond donors (Lipinski definition) is 1. The van der Waals surface area contributed by atoms with E-state index in [-0.39, 0.29) is 17.7 Å². The molecular formula is C24H30N2O5. The molecule has 7 heteroatoms. The Kier molecular flexibility index (Phi) is 6.95. The third-order valence-electron chi connectivity index (χ3n) is 6.02. The molecule has 2 aromatic rings. The van der Waals surface area contributed by atoms with Crippen LogP contribution in [0.15, 0.2) is 36.4 Å². The number of non-ortho nitro benzene ring substituents is 1. The summed E-state index contributed by atoms with van der Waals surface area (Å²) in [5, 5.41) is 14.1. The first-order valence-electron chi connectivity index (χ1n) is 10.7. The van der Waals surface area contributed by atoms with Gasteiger partial charge in [0.2, 0.25) is 5.91 Å². The predicted molar refractivity (Wildman–Crippen MR) is 120 cm³/mol. The Morgan fingerprint density at radius 3 is 2.29 bits per heavy atom. The number of amides is 1. The molecule has 0 aliphatic carbocycles. The molecule has 1 unspecified atom stereocenters. The Labute approximate surface area is 182 Å². The second kappa shape index (κ2) is 9.47. The van der Waals surface area contributed by atoms with Gasteiger partial charge in [-0.3, -0.25) is 14.9 Å². The van der Waals surface area contributed by atoms with Gasteiger partial charge in [-0.15, -0.1) is 0 Å². The number of anilines is 1. The highest BCUT2D eigenvalue weighted by atomic mass is 16.6. The monoisotopic (exact) mass is 426 g/mol. The fourth-order valence-corrected chi connectivity index (χ4v) is 4.01. The Morgan fingerprint density at radius 2 is 1.77 bits per heavy atom. The Hall–Kier alpha value is -2.93. The van der Waals surface area contributed by atoms with Crippen LogP contribution in [0.5, 0.6) is 5.75 Å². The summed E-state index contributed by atoms with van der Waals surface area (Å²) in [6.07, 6.45) is 2.07. The van der Waals surface area contributed by atoms with Crippen molar-refractivity contribution in [3.63, 3.8) is 0 Å². The number of hydrogen-bond acceptors (Lipinski definition) is 5. The minimum Gasteiger partial charge on any atom is -0.490 e. The van der Waals surface area contributed by atoms with Crippen LogP contribution in [0.2, 0.25) is 0 Å². The van der Waals surface area contributed by atoms with E-state index in [9.17, 15) is 14.9 Å². The molecule has 0 radical (unpaired) electrons. The predicted octanol–water partition coefficient (Wildman–Crippen LogP) is 5.08. The molecular weight excluding hydrogens is 396 g/mol. The number of ether oxygens (including phenoxy) is 2. The molecule has 0 saturated carbocycles. The molecule has 1 saturated heterocycles. The van der Waals surface area contributed by atoms with Crippen molar-refractivity contribution in [2.75, 3.05) is 18.5 Å².